The number of aromatic amines is 1. The third kappa shape index (κ3) is 2.07. The molecule has 0 fully saturated rings. The van der Waals surface area contributed by atoms with Gasteiger partial charge in [-0.2, -0.15) is 0 Å². The first-order valence-corrected chi connectivity index (χ1v) is 5.58. The Morgan fingerprint density at radius 2 is 1.83 bits per heavy atom. The summed E-state index contributed by atoms with van der Waals surface area (Å²) >= 11 is 0. The molecule has 2 aromatic rings. The van der Waals surface area contributed by atoms with E-state index in [1.807, 2.05) is 24.3 Å². The molecule has 18 heavy (non-hydrogen) atoms. The molecule has 1 aromatic heterocycles. The van der Waals surface area contributed by atoms with Crippen molar-refractivity contribution in [3.8, 4) is 0 Å². The largest absolute Gasteiger partial charge is 0.330 e. The van der Waals surface area contributed by atoms with Crippen molar-refractivity contribution >= 4 is 22.6 Å². The number of H-pyrrole nitrogens is 1. The molecule has 2 rings (SSSR count). The van der Waals surface area contributed by atoms with Crippen LogP contribution < -0.4 is 10.5 Å². The zero-order valence-electron chi connectivity index (χ0n) is 10.6. The normalized spacial score (nSPS) is 10.4. The second kappa shape index (κ2) is 4.52. The van der Waals surface area contributed by atoms with Gasteiger partial charge in [0.25, 0.3) is 5.56 Å². The maximum atomic E-state index is 11.9. The zero-order chi connectivity index (χ0) is 13.3. The van der Waals surface area contributed by atoms with Crippen LogP contribution in [0.25, 0.3) is 10.9 Å². The van der Waals surface area contributed by atoms with Crippen LogP contribution >= 0.6 is 0 Å². The molecule has 0 spiro atoms. The molecule has 0 bridgehead atoms. The molecule has 0 unspecified atom stereocenters. The number of rotatable bonds is 1. The van der Waals surface area contributed by atoms with Gasteiger partial charge in [-0.1, -0.05) is 18.2 Å². The quantitative estimate of drug-likeness (QED) is 0.830. The fraction of sp³-hybridized carbons (Fsp3) is 0.231. The predicted octanol–water partition coefficient (Wildman–Crippen LogP) is 1.65. The number of para-hydroxylation sites is 1. The fourth-order valence-electron chi connectivity index (χ4n) is 1.79. The van der Waals surface area contributed by atoms with Gasteiger partial charge >= 0.3 is 6.03 Å². The molecular formula is C13H15N3O2. The number of anilines is 1. The van der Waals surface area contributed by atoms with Crippen LogP contribution in [0.4, 0.5) is 10.5 Å². The van der Waals surface area contributed by atoms with E-state index in [9.17, 15) is 9.59 Å². The first-order chi connectivity index (χ1) is 8.50. The Labute approximate surface area is 105 Å². The number of amides is 2. The topological polar surface area (TPSA) is 56.4 Å². The molecule has 0 aliphatic heterocycles. The van der Waals surface area contributed by atoms with Crippen LogP contribution in [-0.2, 0) is 0 Å². The number of aromatic nitrogens is 1. The first kappa shape index (κ1) is 12.2. The van der Waals surface area contributed by atoms with Gasteiger partial charge in [-0.25, -0.2) is 4.79 Å². The summed E-state index contributed by atoms with van der Waals surface area (Å²) < 4.78 is 0. The molecule has 5 heteroatoms. The van der Waals surface area contributed by atoms with Gasteiger partial charge in [0.1, 0.15) is 5.69 Å². The Balaban J connectivity index is 2.54. The smallest absolute Gasteiger partial charge is 0.323 e. The average Bonchev–Trinajstić information content (AvgIpc) is 2.36. The van der Waals surface area contributed by atoms with E-state index in [4.69, 9.17) is 0 Å². The molecule has 1 aromatic carbocycles. The van der Waals surface area contributed by atoms with Gasteiger partial charge in [0, 0.05) is 32.0 Å². The van der Waals surface area contributed by atoms with Gasteiger partial charge in [-0.3, -0.25) is 9.69 Å². The van der Waals surface area contributed by atoms with Crippen molar-refractivity contribution in [1.82, 2.24) is 9.88 Å². The summed E-state index contributed by atoms with van der Waals surface area (Å²) in [4.78, 5) is 29.3. The van der Waals surface area contributed by atoms with Crippen molar-refractivity contribution in [1.29, 1.82) is 0 Å². The Kier molecular flexibility index (Phi) is 3.06. The highest BCUT2D eigenvalue weighted by atomic mass is 16.2. The lowest BCUT2D eigenvalue weighted by Gasteiger charge is -2.21. The van der Waals surface area contributed by atoms with E-state index in [1.54, 1.807) is 27.2 Å². The highest BCUT2D eigenvalue weighted by Gasteiger charge is 2.16. The van der Waals surface area contributed by atoms with E-state index in [0.717, 1.165) is 10.9 Å². The van der Waals surface area contributed by atoms with Crippen LogP contribution in [-0.4, -0.2) is 37.1 Å². The number of hydrogen-bond acceptors (Lipinski definition) is 2. The number of nitrogens with one attached hydrogen (secondary N) is 1. The molecule has 0 saturated carbocycles. The molecule has 0 saturated heterocycles. The van der Waals surface area contributed by atoms with E-state index in [-0.39, 0.29) is 11.6 Å². The summed E-state index contributed by atoms with van der Waals surface area (Å²) in [6, 6.07) is 8.94. The summed E-state index contributed by atoms with van der Waals surface area (Å²) in [6.45, 7) is 0. The third-order valence-electron chi connectivity index (χ3n) is 2.76. The highest BCUT2D eigenvalue weighted by Crippen LogP contribution is 2.15. The lowest BCUT2D eigenvalue weighted by molar-refractivity contribution is 0.225. The minimum absolute atomic E-state index is 0.240. The average molecular weight is 245 g/mol. The molecule has 0 radical (unpaired) electrons. The molecule has 0 aliphatic carbocycles. The Morgan fingerprint density at radius 3 is 2.50 bits per heavy atom. The number of nitrogens with zero attached hydrogens (tertiary/aromatic N) is 2. The number of carbonyl (C=O) groups excluding carboxylic acids is 1. The Bertz CT molecular complexity index is 646. The summed E-state index contributed by atoms with van der Waals surface area (Å²) in [6.07, 6.45) is 0. The van der Waals surface area contributed by atoms with Crippen molar-refractivity contribution in [2.75, 3.05) is 26.0 Å². The number of hydrogen-bond donors (Lipinski definition) is 1. The standard InChI is InChI=1S/C13H15N3O2/c1-15(2)13(18)16(3)11-8-9-6-4-5-7-10(9)14-12(11)17/h4-8H,1-3H3,(H,14,17). The van der Waals surface area contributed by atoms with Crippen LogP contribution in [0.5, 0.6) is 0 Å². The van der Waals surface area contributed by atoms with Crippen LogP contribution in [0, 0.1) is 0 Å². The van der Waals surface area contributed by atoms with Crippen LogP contribution in [0.2, 0.25) is 0 Å². The SMILES string of the molecule is CN(C)C(=O)N(C)c1cc2ccccc2[nH]c1=O. The highest BCUT2D eigenvalue weighted by molar-refractivity contribution is 5.93. The van der Waals surface area contributed by atoms with Gasteiger partial charge in [0.2, 0.25) is 0 Å². The van der Waals surface area contributed by atoms with Crippen molar-refractivity contribution < 1.29 is 4.79 Å². The number of fused-ring (bicyclic) bond motifs is 1. The first-order valence-electron chi connectivity index (χ1n) is 5.58. The second-order valence-corrected chi connectivity index (χ2v) is 4.31. The van der Waals surface area contributed by atoms with Crippen LogP contribution in [0.1, 0.15) is 0 Å². The van der Waals surface area contributed by atoms with E-state index in [1.165, 1.54) is 9.80 Å². The van der Waals surface area contributed by atoms with Gasteiger partial charge in [0.05, 0.1) is 0 Å². The Morgan fingerprint density at radius 1 is 1.17 bits per heavy atom. The minimum Gasteiger partial charge on any atom is -0.330 e. The monoisotopic (exact) mass is 245 g/mol. The lowest BCUT2D eigenvalue weighted by atomic mass is 10.2. The summed E-state index contributed by atoms with van der Waals surface area (Å²) in [5.74, 6) is 0. The fourth-order valence-corrected chi connectivity index (χ4v) is 1.79. The van der Waals surface area contributed by atoms with Gasteiger partial charge in [0.15, 0.2) is 0 Å². The predicted molar refractivity (Wildman–Crippen MR) is 72.1 cm³/mol. The third-order valence-corrected chi connectivity index (χ3v) is 2.76. The molecule has 1 heterocycles. The molecule has 0 aliphatic rings. The van der Waals surface area contributed by atoms with E-state index in [2.05, 4.69) is 4.98 Å². The van der Waals surface area contributed by atoms with E-state index >= 15 is 0 Å². The maximum absolute atomic E-state index is 11.9. The van der Waals surface area contributed by atoms with Crippen molar-refractivity contribution in [3.05, 3.63) is 40.7 Å². The van der Waals surface area contributed by atoms with Crippen LogP contribution in [0.3, 0.4) is 0 Å². The molecule has 94 valence electrons. The van der Waals surface area contributed by atoms with E-state index in [0.29, 0.717) is 5.69 Å². The zero-order valence-corrected chi connectivity index (χ0v) is 10.6. The Hall–Kier alpha value is -2.30. The van der Waals surface area contributed by atoms with Gasteiger partial charge in [-0.05, 0) is 12.1 Å². The lowest BCUT2D eigenvalue weighted by Crippen LogP contribution is -2.38. The molecule has 2 amide bonds. The number of benzene rings is 1. The van der Waals surface area contributed by atoms with Crippen LogP contribution in [0.15, 0.2) is 35.1 Å². The molecule has 0 atom stereocenters. The minimum atomic E-state index is -0.272. The molecular weight excluding hydrogens is 230 g/mol. The summed E-state index contributed by atoms with van der Waals surface area (Å²) in [7, 11) is 4.88. The second-order valence-electron chi connectivity index (χ2n) is 4.31. The molecule has 1 N–H and O–H groups in total. The number of pyridine rings is 1. The van der Waals surface area contributed by atoms with E-state index < -0.39 is 0 Å². The number of carbonyl (C=O) groups is 1. The molecule has 5 nitrogen and oxygen atoms in total. The summed E-state index contributed by atoms with van der Waals surface area (Å²) in [5, 5.41) is 0.894. The number of urea groups is 1. The van der Waals surface area contributed by atoms with Crippen molar-refractivity contribution in [2.24, 2.45) is 0 Å². The van der Waals surface area contributed by atoms with Crippen molar-refractivity contribution in [2.45, 2.75) is 0 Å². The summed E-state index contributed by atoms with van der Waals surface area (Å²) in [5.41, 5.74) is 0.829. The maximum Gasteiger partial charge on any atom is 0.323 e. The van der Waals surface area contributed by atoms with Gasteiger partial charge < -0.3 is 9.88 Å². The van der Waals surface area contributed by atoms with Gasteiger partial charge in [-0.15, -0.1) is 0 Å². The van der Waals surface area contributed by atoms with Crippen molar-refractivity contribution in [3.63, 3.8) is 0 Å².